The minimum atomic E-state index is -1.57. The Balaban J connectivity index is 2.44. The van der Waals surface area contributed by atoms with E-state index >= 15 is 0 Å². The summed E-state index contributed by atoms with van der Waals surface area (Å²) >= 11 is 0. The number of hydrogen-bond donors (Lipinski definition) is 2. The lowest BCUT2D eigenvalue weighted by Gasteiger charge is -2.10. The summed E-state index contributed by atoms with van der Waals surface area (Å²) in [4.78, 5) is 32.4. The van der Waals surface area contributed by atoms with Crippen molar-refractivity contribution in [2.24, 2.45) is 5.92 Å². The predicted molar refractivity (Wildman–Crippen MR) is 67.8 cm³/mol. The van der Waals surface area contributed by atoms with Crippen LogP contribution in [0.4, 0.5) is 0 Å². The monoisotopic (exact) mass is 264 g/mol. The Morgan fingerprint density at radius 1 is 1.05 bits per heavy atom. The quantitative estimate of drug-likeness (QED) is 0.698. The fourth-order valence-electron chi connectivity index (χ4n) is 1.82. The molecule has 1 atom stereocenters. The van der Waals surface area contributed by atoms with E-state index in [2.05, 4.69) is 0 Å². The highest BCUT2D eigenvalue weighted by molar-refractivity contribution is 6.33. The number of aliphatic carboxylic acids is 2. The zero-order valence-electron chi connectivity index (χ0n) is 10.4. The Bertz CT molecular complexity index is 452. The topological polar surface area (TPSA) is 91.7 Å². The van der Waals surface area contributed by atoms with Gasteiger partial charge in [-0.25, -0.2) is 4.79 Å². The summed E-state index contributed by atoms with van der Waals surface area (Å²) in [5.74, 6) is -4.67. The summed E-state index contributed by atoms with van der Waals surface area (Å²) in [6, 6.07) is 9.58. The van der Waals surface area contributed by atoms with E-state index in [4.69, 9.17) is 10.2 Å². The van der Waals surface area contributed by atoms with Crippen LogP contribution in [0.5, 0.6) is 0 Å². The first-order valence-electron chi connectivity index (χ1n) is 6.03. The lowest BCUT2D eigenvalue weighted by Crippen LogP contribution is -2.22. The van der Waals surface area contributed by atoms with Crippen LogP contribution in [0.1, 0.15) is 24.8 Å². The van der Waals surface area contributed by atoms with Crippen LogP contribution in [0, 0.1) is 5.92 Å². The molecule has 0 aliphatic rings. The second kappa shape index (κ2) is 7.31. The van der Waals surface area contributed by atoms with E-state index in [0.29, 0.717) is 19.3 Å². The van der Waals surface area contributed by atoms with Crippen molar-refractivity contribution in [3.05, 3.63) is 35.9 Å². The van der Waals surface area contributed by atoms with Gasteiger partial charge in [0.1, 0.15) is 0 Å². The molecule has 102 valence electrons. The molecule has 0 heterocycles. The van der Waals surface area contributed by atoms with Crippen molar-refractivity contribution in [2.75, 3.05) is 0 Å². The van der Waals surface area contributed by atoms with Crippen LogP contribution >= 0.6 is 0 Å². The van der Waals surface area contributed by atoms with Crippen LogP contribution in [0.15, 0.2) is 30.3 Å². The Morgan fingerprint density at radius 3 is 2.21 bits per heavy atom. The van der Waals surface area contributed by atoms with Crippen LogP contribution in [0.3, 0.4) is 0 Å². The third kappa shape index (κ3) is 5.33. The van der Waals surface area contributed by atoms with E-state index in [1.54, 1.807) is 0 Å². The molecule has 0 unspecified atom stereocenters. The maximum Gasteiger partial charge on any atom is 0.372 e. The fourth-order valence-corrected chi connectivity index (χ4v) is 1.82. The summed E-state index contributed by atoms with van der Waals surface area (Å²) in [5, 5.41) is 17.4. The van der Waals surface area contributed by atoms with Crippen molar-refractivity contribution >= 4 is 17.7 Å². The number of rotatable bonds is 8. The van der Waals surface area contributed by atoms with Gasteiger partial charge in [0.25, 0.3) is 0 Å². The second-order valence-corrected chi connectivity index (χ2v) is 4.35. The average Bonchev–Trinajstić information content (AvgIpc) is 2.38. The molecule has 5 nitrogen and oxygen atoms in total. The zero-order valence-corrected chi connectivity index (χ0v) is 10.4. The summed E-state index contributed by atoms with van der Waals surface area (Å²) in [7, 11) is 0. The van der Waals surface area contributed by atoms with Gasteiger partial charge in [-0.15, -0.1) is 0 Å². The Labute approximate surface area is 110 Å². The molecule has 5 heteroatoms. The normalized spacial score (nSPS) is 11.8. The summed E-state index contributed by atoms with van der Waals surface area (Å²) in [5.41, 5.74) is 1.09. The van der Waals surface area contributed by atoms with Gasteiger partial charge < -0.3 is 10.2 Å². The van der Waals surface area contributed by atoms with Gasteiger partial charge in [-0.2, -0.15) is 0 Å². The first-order valence-corrected chi connectivity index (χ1v) is 6.03. The van der Waals surface area contributed by atoms with Crippen molar-refractivity contribution in [3.63, 3.8) is 0 Å². The standard InChI is InChI=1S/C14H16O5/c15-12(14(18)19)9-11(13(16)17)8-4-7-10-5-2-1-3-6-10/h1-3,5-6,11H,4,7-9H2,(H,16,17)(H,18,19)/t11-/m0/s1. The molecule has 0 saturated heterocycles. The number of hydrogen-bond acceptors (Lipinski definition) is 3. The number of carboxylic acid groups (broad SMARTS) is 2. The summed E-state index contributed by atoms with van der Waals surface area (Å²) in [6.07, 6.45) is 1.17. The SMILES string of the molecule is O=C(O)C(=O)C[C@H](CCCc1ccccc1)C(=O)O. The highest BCUT2D eigenvalue weighted by Crippen LogP contribution is 2.15. The Morgan fingerprint density at radius 2 is 1.68 bits per heavy atom. The molecule has 1 rings (SSSR count). The second-order valence-electron chi connectivity index (χ2n) is 4.35. The van der Waals surface area contributed by atoms with Crippen LogP contribution in [0.2, 0.25) is 0 Å². The molecule has 1 aromatic carbocycles. The first kappa shape index (κ1) is 14.9. The third-order valence-electron chi connectivity index (χ3n) is 2.88. The highest BCUT2D eigenvalue weighted by Gasteiger charge is 2.24. The maximum atomic E-state index is 11.0. The van der Waals surface area contributed by atoms with Crippen LogP contribution in [-0.4, -0.2) is 27.9 Å². The first-order chi connectivity index (χ1) is 9.00. The number of aryl methyl sites for hydroxylation is 1. The Kier molecular flexibility index (Phi) is 5.73. The molecule has 0 radical (unpaired) electrons. The lowest BCUT2D eigenvalue weighted by atomic mass is 9.95. The molecule has 0 amide bonds. The highest BCUT2D eigenvalue weighted by atomic mass is 16.4. The number of carbonyl (C=O) groups excluding carboxylic acids is 1. The lowest BCUT2D eigenvalue weighted by molar-refractivity contribution is -0.151. The van der Waals surface area contributed by atoms with E-state index < -0.39 is 30.1 Å². The number of Topliss-reactive ketones (excluding diaryl/α,β-unsaturated/α-hetero) is 1. The molecule has 0 bridgehead atoms. The van der Waals surface area contributed by atoms with Crippen molar-refractivity contribution in [1.29, 1.82) is 0 Å². The van der Waals surface area contributed by atoms with Crippen molar-refractivity contribution in [3.8, 4) is 0 Å². The molecule has 0 aliphatic heterocycles. The molecule has 1 aromatic rings. The van der Waals surface area contributed by atoms with Gasteiger partial charge >= 0.3 is 11.9 Å². The minimum absolute atomic E-state index is 0.295. The summed E-state index contributed by atoms with van der Waals surface area (Å²) < 4.78 is 0. The molecule has 0 spiro atoms. The van der Waals surface area contributed by atoms with Gasteiger partial charge in [-0.05, 0) is 24.8 Å². The van der Waals surface area contributed by atoms with Crippen LogP contribution in [0.25, 0.3) is 0 Å². The minimum Gasteiger partial charge on any atom is -0.481 e. The zero-order chi connectivity index (χ0) is 14.3. The predicted octanol–water partition coefficient (Wildman–Crippen LogP) is 1.75. The molecular weight excluding hydrogens is 248 g/mol. The fraction of sp³-hybridized carbons (Fsp3) is 0.357. The number of ketones is 1. The molecule has 0 aliphatic carbocycles. The van der Waals surface area contributed by atoms with Crippen molar-refractivity contribution in [1.82, 2.24) is 0 Å². The molecule has 0 fully saturated rings. The van der Waals surface area contributed by atoms with Gasteiger partial charge in [0.2, 0.25) is 5.78 Å². The van der Waals surface area contributed by atoms with Gasteiger partial charge in [-0.1, -0.05) is 30.3 Å². The van der Waals surface area contributed by atoms with Crippen LogP contribution < -0.4 is 0 Å². The number of carbonyl (C=O) groups is 3. The van der Waals surface area contributed by atoms with Gasteiger partial charge in [0.05, 0.1) is 5.92 Å². The van der Waals surface area contributed by atoms with E-state index in [-0.39, 0.29) is 0 Å². The van der Waals surface area contributed by atoms with Gasteiger partial charge in [0, 0.05) is 6.42 Å². The van der Waals surface area contributed by atoms with Gasteiger partial charge in [-0.3, -0.25) is 9.59 Å². The Hall–Kier alpha value is -2.17. The maximum absolute atomic E-state index is 11.0. The summed E-state index contributed by atoms with van der Waals surface area (Å²) in [6.45, 7) is 0. The average molecular weight is 264 g/mol. The molecule has 0 aromatic heterocycles. The molecule has 19 heavy (non-hydrogen) atoms. The molecule has 2 N–H and O–H groups in total. The smallest absolute Gasteiger partial charge is 0.372 e. The molecule has 0 saturated carbocycles. The van der Waals surface area contributed by atoms with Gasteiger partial charge in [0.15, 0.2) is 0 Å². The van der Waals surface area contributed by atoms with E-state index in [1.807, 2.05) is 30.3 Å². The van der Waals surface area contributed by atoms with Crippen molar-refractivity contribution in [2.45, 2.75) is 25.7 Å². The van der Waals surface area contributed by atoms with E-state index in [9.17, 15) is 14.4 Å². The van der Waals surface area contributed by atoms with E-state index in [0.717, 1.165) is 5.56 Å². The third-order valence-corrected chi connectivity index (χ3v) is 2.88. The number of carboxylic acids is 2. The van der Waals surface area contributed by atoms with E-state index in [1.165, 1.54) is 0 Å². The largest absolute Gasteiger partial charge is 0.481 e. The number of benzene rings is 1. The van der Waals surface area contributed by atoms with Crippen molar-refractivity contribution < 1.29 is 24.6 Å². The molecular formula is C14H16O5. The van der Waals surface area contributed by atoms with Crippen LogP contribution in [-0.2, 0) is 20.8 Å².